The third-order valence-corrected chi connectivity index (χ3v) is 3.00. The average Bonchev–Trinajstić information content (AvgIpc) is 2.99. The quantitative estimate of drug-likeness (QED) is 0.823. The summed E-state index contributed by atoms with van der Waals surface area (Å²) in [7, 11) is 0. The molecule has 1 unspecified atom stereocenters. The van der Waals surface area contributed by atoms with Crippen molar-refractivity contribution in [3.63, 3.8) is 0 Å². The predicted octanol–water partition coefficient (Wildman–Crippen LogP) is 1.96. The van der Waals surface area contributed by atoms with Crippen LogP contribution in [0.1, 0.15) is 18.2 Å². The Kier molecular flexibility index (Phi) is 2.71. The lowest BCUT2D eigenvalue weighted by Crippen LogP contribution is -2.00. The molecule has 1 saturated heterocycles. The van der Waals surface area contributed by atoms with Crippen LogP contribution in [-0.4, -0.2) is 23.4 Å². The lowest BCUT2D eigenvalue weighted by atomic mass is 10.1. The molecule has 1 aliphatic rings. The number of hydrogen-bond donors (Lipinski definition) is 1. The van der Waals surface area contributed by atoms with Crippen LogP contribution >= 0.6 is 0 Å². The molecule has 5 nitrogen and oxygen atoms in total. The van der Waals surface area contributed by atoms with Crippen LogP contribution in [0.5, 0.6) is 0 Å². The summed E-state index contributed by atoms with van der Waals surface area (Å²) in [6.07, 6.45) is 0.853. The van der Waals surface area contributed by atoms with Gasteiger partial charge in [-0.2, -0.15) is 4.98 Å². The molecule has 6 heteroatoms. The van der Waals surface area contributed by atoms with Gasteiger partial charge in [0.25, 0.3) is 5.89 Å². The van der Waals surface area contributed by atoms with E-state index < -0.39 is 5.82 Å². The SMILES string of the molecule is Nc1cccc(F)c1-c1nc(C2CCOC2)no1. The van der Waals surface area contributed by atoms with Crippen LogP contribution in [0.4, 0.5) is 10.1 Å². The van der Waals surface area contributed by atoms with Gasteiger partial charge in [-0.25, -0.2) is 4.39 Å². The summed E-state index contributed by atoms with van der Waals surface area (Å²) in [5.74, 6) is 0.320. The van der Waals surface area contributed by atoms with Gasteiger partial charge in [-0.1, -0.05) is 11.2 Å². The van der Waals surface area contributed by atoms with E-state index in [1.165, 1.54) is 12.1 Å². The minimum Gasteiger partial charge on any atom is -0.398 e. The van der Waals surface area contributed by atoms with Crippen LogP contribution in [0, 0.1) is 5.82 Å². The van der Waals surface area contributed by atoms with Crippen LogP contribution in [0.2, 0.25) is 0 Å². The predicted molar refractivity (Wildman–Crippen MR) is 62.3 cm³/mol. The van der Waals surface area contributed by atoms with Crippen molar-refractivity contribution < 1.29 is 13.7 Å². The Morgan fingerprint density at radius 2 is 2.28 bits per heavy atom. The summed E-state index contributed by atoms with van der Waals surface area (Å²) in [5.41, 5.74) is 6.17. The van der Waals surface area contributed by atoms with Crippen molar-refractivity contribution in [1.82, 2.24) is 10.1 Å². The van der Waals surface area contributed by atoms with E-state index in [4.69, 9.17) is 15.0 Å². The smallest absolute Gasteiger partial charge is 0.263 e. The van der Waals surface area contributed by atoms with Gasteiger partial charge >= 0.3 is 0 Å². The minimum absolute atomic E-state index is 0.118. The highest BCUT2D eigenvalue weighted by Gasteiger charge is 2.24. The maximum Gasteiger partial charge on any atom is 0.263 e. The first-order chi connectivity index (χ1) is 8.75. The van der Waals surface area contributed by atoms with Crippen molar-refractivity contribution in [2.24, 2.45) is 0 Å². The molecule has 1 atom stereocenters. The number of ether oxygens (including phenoxy) is 1. The fraction of sp³-hybridized carbons (Fsp3) is 0.333. The molecule has 2 aromatic rings. The molecule has 2 N–H and O–H groups in total. The van der Waals surface area contributed by atoms with E-state index in [0.717, 1.165) is 6.42 Å². The zero-order chi connectivity index (χ0) is 12.5. The Morgan fingerprint density at radius 1 is 1.39 bits per heavy atom. The fourth-order valence-corrected chi connectivity index (χ4v) is 2.01. The molecule has 1 aromatic carbocycles. The van der Waals surface area contributed by atoms with Gasteiger partial charge in [0.05, 0.1) is 12.2 Å². The largest absolute Gasteiger partial charge is 0.398 e. The highest BCUT2D eigenvalue weighted by molar-refractivity contribution is 5.70. The average molecular weight is 249 g/mol. The summed E-state index contributed by atoms with van der Waals surface area (Å²) in [5, 5.41) is 3.87. The Morgan fingerprint density at radius 3 is 3.00 bits per heavy atom. The van der Waals surface area contributed by atoms with Crippen molar-refractivity contribution in [1.29, 1.82) is 0 Å². The number of hydrogen-bond acceptors (Lipinski definition) is 5. The Bertz CT molecular complexity index is 544. The number of nitrogens with zero attached hydrogens (tertiary/aromatic N) is 2. The van der Waals surface area contributed by atoms with E-state index in [1.54, 1.807) is 6.07 Å². The standard InChI is InChI=1S/C12H12FN3O2/c13-8-2-1-3-9(14)10(8)12-15-11(16-18-12)7-4-5-17-6-7/h1-3,7H,4-6,14H2. The number of benzene rings is 1. The third kappa shape index (κ3) is 1.84. The Balaban J connectivity index is 1.97. The first-order valence-electron chi connectivity index (χ1n) is 5.71. The second-order valence-corrected chi connectivity index (χ2v) is 4.22. The van der Waals surface area contributed by atoms with Crippen LogP contribution < -0.4 is 5.73 Å². The van der Waals surface area contributed by atoms with E-state index in [-0.39, 0.29) is 23.1 Å². The van der Waals surface area contributed by atoms with Crippen molar-refractivity contribution in [2.75, 3.05) is 18.9 Å². The first kappa shape index (κ1) is 11.2. The van der Waals surface area contributed by atoms with E-state index in [0.29, 0.717) is 19.0 Å². The van der Waals surface area contributed by atoms with Gasteiger partial charge in [0.2, 0.25) is 0 Å². The minimum atomic E-state index is -0.465. The summed E-state index contributed by atoms with van der Waals surface area (Å²) >= 11 is 0. The number of halogens is 1. The second kappa shape index (κ2) is 4.38. The van der Waals surface area contributed by atoms with Crippen molar-refractivity contribution in [2.45, 2.75) is 12.3 Å². The first-order valence-corrected chi connectivity index (χ1v) is 5.71. The van der Waals surface area contributed by atoms with Gasteiger partial charge < -0.3 is 15.0 Å². The zero-order valence-electron chi connectivity index (χ0n) is 9.60. The molecule has 3 rings (SSSR count). The van der Waals surface area contributed by atoms with Gasteiger partial charge in [0.1, 0.15) is 5.82 Å². The molecule has 0 bridgehead atoms. The molecule has 1 fully saturated rings. The Hall–Kier alpha value is -1.95. The van der Waals surface area contributed by atoms with E-state index >= 15 is 0 Å². The topological polar surface area (TPSA) is 74.2 Å². The summed E-state index contributed by atoms with van der Waals surface area (Å²) in [6, 6.07) is 4.45. The number of nitrogen functional groups attached to an aromatic ring is 1. The highest BCUT2D eigenvalue weighted by Crippen LogP contribution is 2.30. The van der Waals surface area contributed by atoms with Gasteiger partial charge in [-0.3, -0.25) is 0 Å². The number of nitrogens with two attached hydrogens (primary N) is 1. The maximum absolute atomic E-state index is 13.7. The molecular weight excluding hydrogens is 237 g/mol. The molecule has 0 saturated carbocycles. The van der Waals surface area contributed by atoms with E-state index in [1.807, 2.05) is 0 Å². The molecule has 1 aliphatic heterocycles. The van der Waals surface area contributed by atoms with E-state index in [2.05, 4.69) is 10.1 Å². The molecular formula is C12H12FN3O2. The molecule has 0 aliphatic carbocycles. The third-order valence-electron chi connectivity index (χ3n) is 3.00. The van der Waals surface area contributed by atoms with Gasteiger partial charge in [-0.05, 0) is 18.6 Å². The molecule has 1 aromatic heterocycles. The molecule has 18 heavy (non-hydrogen) atoms. The summed E-state index contributed by atoms with van der Waals surface area (Å²) < 4.78 is 24.0. The fourth-order valence-electron chi connectivity index (χ4n) is 2.01. The van der Waals surface area contributed by atoms with Crippen molar-refractivity contribution in [3.8, 4) is 11.5 Å². The van der Waals surface area contributed by atoms with Crippen LogP contribution in [0.25, 0.3) is 11.5 Å². The molecule has 0 radical (unpaired) electrons. The molecule has 0 spiro atoms. The van der Waals surface area contributed by atoms with Crippen LogP contribution in [-0.2, 0) is 4.74 Å². The zero-order valence-corrected chi connectivity index (χ0v) is 9.60. The highest BCUT2D eigenvalue weighted by atomic mass is 19.1. The molecule has 2 heterocycles. The lowest BCUT2D eigenvalue weighted by molar-refractivity contribution is 0.192. The lowest BCUT2D eigenvalue weighted by Gasteiger charge is -2.01. The van der Waals surface area contributed by atoms with Crippen molar-refractivity contribution in [3.05, 3.63) is 29.8 Å². The number of rotatable bonds is 2. The maximum atomic E-state index is 13.7. The van der Waals surface area contributed by atoms with Gasteiger partial charge in [0, 0.05) is 18.2 Å². The molecule has 94 valence electrons. The van der Waals surface area contributed by atoms with Gasteiger partial charge in [-0.15, -0.1) is 0 Å². The molecule has 0 amide bonds. The van der Waals surface area contributed by atoms with Crippen LogP contribution in [0.3, 0.4) is 0 Å². The summed E-state index contributed by atoms with van der Waals surface area (Å²) in [4.78, 5) is 4.21. The second-order valence-electron chi connectivity index (χ2n) is 4.22. The van der Waals surface area contributed by atoms with E-state index in [9.17, 15) is 4.39 Å². The number of aromatic nitrogens is 2. The number of anilines is 1. The monoisotopic (exact) mass is 249 g/mol. The normalized spacial score (nSPS) is 19.3. The van der Waals surface area contributed by atoms with Gasteiger partial charge in [0.15, 0.2) is 5.82 Å². The summed E-state index contributed by atoms with van der Waals surface area (Å²) in [6.45, 7) is 1.27. The Labute approximate surface area is 103 Å². The van der Waals surface area contributed by atoms with Crippen LogP contribution in [0.15, 0.2) is 22.7 Å². The van der Waals surface area contributed by atoms with Crippen molar-refractivity contribution >= 4 is 5.69 Å².